The van der Waals surface area contributed by atoms with Crippen LogP contribution >= 0.6 is 0 Å². The molecule has 0 spiro atoms. The van der Waals surface area contributed by atoms with Crippen molar-refractivity contribution in [1.29, 1.82) is 0 Å². The fraction of sp³-hybridized carbons (Fsp3) is 0.389. The van der Waals surface area contributed by atoms with Crippen molar-refractivity contribution in [2.24, 2.45) is 0 Å². The van der Waals surface area contributed by atoms with E-state index in [1.807, 2.05) is 36.1 Å². The second kappa shape index (κ2) is 7.22. The van der Waals surface area contributed by atoms with E-state index in [4.69, 9.17) is 0 Å². The molecule has 2 heterocycles. The Balaban J connectivity index is 1.67. The minimum atomic E-state index is -0.0125. The van der Waals surface area contributed by atoms with Gasteiger partial charge in [0.2, 0.25) is 0 Å². The van der Waals surface area contributed by atoms with Gasteiger partial charge in [-0.15, -0.1) is 0 Å². The number of hydrogen-bond donors (Lipinski definition) is 1. The zero-order chi connectivity index (χ0) is 16.1. The molecule has 0 atom stereocenters. The van der Waals surface area contributed by atoms with Gasteiger partial charge < -0.3 is 10.2 Å². The smallest absolute Gasteiger partial charge is 0.274 e. The zero-order valence-corrected chi connectivity index (χ0v) is 13.5. The summed E-state index contributed by atoms with van der Waals surface area (Å²) in [5.74, 6) is 0.629. The zero-order valence-electron chi connectivity index (χ0n) is 13.5. The molecule has 2 aromatic rings. The Kier molecular flexibility index (Phi) is 4.86. The molecule has 5 heteroatoms. The summed E-state index contributed by atoms with van der Waals surface area (Å²) in [4.78, 5) is 23.0. The number of carbonyl (C=O) groups is 1. The van der Waals surface area contributed by atoms with Gasteiger partial charge in [0.15, 0.2) is 0 Å². The molecule has 3 rings (SSSR count). The van der Waals surface area contributed by atoms with Crippen LogP contribution in [-0.4, -0.2) is 33.9 Å². The molecule has 1 amide bonds. The number of aromatic nitrogens is 2. The molecule has 23 heavy (non-hydrogen) atoms. The van der Waals surface area contributed by atoms with Crippen molar-refractivity contribution in [3.63, 3.8) is 0 Å². The molecule has 1 aromatic carbocycles. The highest BCUT2D eigenvalue weighted by molar-refractivity contribution is 5.92. The topological polar surface area (TPSA) is 58.1 Å². The number of amides is 1. The summed E-state index contributed by atoms with van der Waals surface area (Å²) in [7, 11) is 0. The number of anilines is 2. The monoisotopic (exact) mass is 310 g/mol. The molecule has 0 aliphatic carbocycles. The average Bonchev–Trinajstić information content (AvgIpc) is 2.84. The number of nitrogens with one attached hydrogen (secondary N) is 1. The molecule has 5 nitrogen and oxygen atoms in total. The lowest BCUT2D eigenvalue weighted by atomic mass is 10.2. The Morgan fingerprint density at radius 2 is 1.87 bits per heavy atom. The maximum Gasteiger partial charge on any atom is 0.274 e. The highest BCUT2D eigenvalue weighted by Gasteiger charge is 2.18. The number of rotatable bonds is 3. The summed E-state index contributed by atoms with van der Waals surface area (Å²) in [6.45, 7) is 3.69. The first-order valence-corrected chi connectivity index (χ1v) is 8.17. The first-order valence-electron chi connectivity index (χ1n) is 8.17. The van der Waals surface area contributed by atoms with Gasteiger partial charge >= 0.3 is 0 Å². The Hall–Kier alpha value is -2.43. The fourth-order valence-electron chi connectivity index (χ4n) is 2.81. The van der Waals surface area contributed by atoms with Crippen LogP contribution in [0.15, 0.2) is 36.7 Å². The Morgan fingerprint density at radius 1 is 1.09 bits per heavy atom. The molecule has 1 aromatic heterocycles. The van der Waals surface area contributed by atoms with Crippen molar-refractivity contribution in [3.05, 3.63) is 47.9 Å². The minimum Gasteiger partial charge on any atom is -0.339 e. The lowest BCUT2D eigenvalue weighted by Gasteiger charge is -2.19. The number of aryl methyl sites for hydroxylation is 1. The van der Waals surface area contributed by atoms with E-state index in [-0.39, 0.29) is 5.91 Å². The van der Waals surface area contributed by atoms with Crippen LogP contribution in [0.5, 0.6) is 0 Å². The summed E-state index contributed by atoms with van der Waals surface area (Å²) in [5.41, 5.74) is 2.56. The first-order chi connectivity index (χ1) is 11.2. The van der Waals surface area contributed by atoms with Gasteiger partial charge in [-0.25, -0.2) is 9.97 Å². The second-order valence-electron chi connectivity index (χ2n) is 5.99. The summed E-state index contributed by atoms with van der Waals surface area (Å²) < 4.78 is 0. The summed E-state index contributed by atoms with van der Waals surface area (Å²) >= 11 is 0. The largest absolute Gasteiger partial charge is 0.339 e. The van der Waals surface area contributed by atoms with Crippen LogP contribution in [0.25, 0.3) is 0 Å². The van der Waals surface area contributed by atoms with Crippen molar-refractivity contribution in [2.75, 3.05) is 18.4 Å². The van der Waals surface area contributed by atoms with E-state index in [0.717, 1.165) is 31.6 Å². The highest BCUT2D eigenvalue weighted by atomic mass is 16.2. The third-order valence-corrected chi connectivity index (χ3v) is 4.05. The molecular formula is C18H22N4O. The lowest BCUT2D eigenvalue weighted by molar-refractivity contribution is 0.0755. The van der Waals surface area contributed by atoms with E-state index in [1.165, 1.54) is 18.4 Å². The normalized spacial score (nSPS) is 15.1. The van der Waals surface area contributed by atoms with E-state index in [0.29, 0.717) is 11.5 Å². The van der Waals surface area contributed by atoms with Crippen LogP contribution < -0.4 is 5.32 Å². The quantitative estimate of drug-likeness (QED) is 0.942. The van der Waals surface area contributed by atoms with Gasteiger partial charge in [0.05, 0.1) is 12.4 Å². The molecule has 0 unspecified atom stereocenters. The Labute approximate surface area is 136 Å². The van der Waals surface area contributed by atoms with Gasteiger partial charge in [0.25, 0.3) is 5.91 Å². The molecule has 120 valence electrons. The predicted molar refractivity (Wildman–Crippen MR) is 90.9 cm³/mol. The molecule has 1 aliphatic heterocycles. The van der Waals surface area contributed by atoms with Crippen molar-refractivity contribution in [3.8, 4) is 0 Å². The standard InChI is InChI=1S/C18H22N4O/c1-14-7-6-8-15(11-14)21-17-13-19-16(12-20-17)18(23)22-9-4-2-3-5-10-22/h6-8,11-13H,2-5,9-10H2,1H3,(H,20,21). The number of nitrogens with zero attached hydrogens (tertiary/aromatic N) is 3. The third-order valence-electron chi connectivity index (χ3n) is 4.05. The summed E-state index contributed by atoms with van der Waals surface area (Å²) in [5, 5.41) is 3.20. The fourth-order valence-corrected chi connectivity index (χ4v) is 2.81. The minimum absolute atomic E-state index is 0.0125. The first kappa shape index (κ1) is 15.5. The Bertz CT molecular complexity index is 661. The summed E-state index contributed by atoms with van der Waals surface area (Å²) in [6, 6.07) is 8.05. The van der Waals surface area contributed by atoms with Crippen molar-refractivity contribution < 1.29 is 4.79 Å². The molecular weight excluding hydrogens is 288 g/mol. The Morgan fingerprint density at radius 3 is 2.52 bits per heavy atom. The van der Waals surface area contributed by atoms with Gasteiger partial charge in [0.1, 0.15) is 11.5 Å². The van der Waals surface area contributed by atoms with Gasteiger partial charge in [-0.1, -0.05) is 25.0 Å². The van der Waals surface area contributed by atoms with Crippen LogP contribution in [0, 0.1) is 6.92 Å². The van der Waals surface area contributed by atoms with E-state index in [1.54, 1.807) is 12.4 Å². The van der Waals surface area contributed by atoms with Crippen molar-refractivity contribution >= 4 is 17.4 Å². The van der Waals surface area contributed by atoms with Gasteiger partial charge in [0, 0.05) is 18.8 Å². The maximum absolute atomic E-state index is 12.5. The highest BCUT2D eigenvalue weighted by Crippen LogP contribution is 2.16. The van der Waals surface area contributed by atoms with Crippen LogP contribution in [0.4, 0.5) is 11.5 Å². The number of hydrogen-bond acceptors (Lipinski definition) is 4. The molecule has 1 saturated heterocycles. The van der Waals surface area contributed by atoms with Crippen molar-refractivity contribution in [1.82, 2.24) is 14.9 Å². The number of carbonyl (C=O) groups excluding carboxylic acids is 1. The van der Waals surface area contributed by atoms with Gasteiger partial charge in [-0.2, -0.15) is 0 Å². The molecule has 1 aliphatic rings. The third kappa shape index (κ3) is 4.06. The predicted octanol–water partition coefficient (Wildman–Crippen LogP) is 3.54. The second-order valence-corrected chi connectivity index (χ2v) is 5.99. The molecule has 0 saturated carbocycles. The average molecular weight is 310 g/mol. The van der Waals surface area contributed by atoms with Crippen LogP contribution in [0.3, 0.4) is 0 Å². The molecule has 1 fully saturated rings. The van der Waals surface area contributed by atoms with Gasteiger partial charge in [-0.3, -0.25) is 4.79 Å². The lowest BCUT2D eigenvalue weighted by Crippen LogP contribution is -2.32. The van der Waals surface area contributed by atoms with E-state index in [9.17, 15) is 4.79 Å². The SMILES string of the molecule is Cc1cccc(Nc2cnc(C(=O)N3CCCCCC3)cn2)c1. The molecule has 0 radical (unpaired) electrons. The number of benzene rings is 1. The molecule has 1 N–H and O–H groups in total. The summed E-state index contributed by atoms with van der Waals surface area (Å²) in [6.07, 6.45) is 7.74. The van der Waals surface area contributed by atoms with E-state index in [2.05, 4.69) is 15.3 Å². The molecule has 0 bridgehead atoms. The van der Waals surface area contributed by atoms with Crippen molar-refractivity contribution in [2.45, 2.75) is 32.6 Å². The van der Waals surface area contributed by atoms with E-state index >= 15 is 0 Å². The number of likely N-dealkylation sites (tertiary alicyclic amines) is 1. The maximum atomic E-state index is 12.5. The van der Waals surface area contributed by atoms with Crippen LogP contribution in [0.2, 0.25) is 0 Å². The van der Waals surface area contributed by atoms with E-state index < -0.39 is 0 Å². The van der Waals surface area contributed by atoms with Crippen LogP contribution in [0.1, 0.15) is 41.7 Å². The van der Waals surface area contributed by atoms with Gasteiger partial charge in [-0.05, 0) is 37.5 Å². The van der Waals surface area contributed by atoms with Crippen LogP contribution in [-0.2, 0) is 0 Å².